The van der Waals surface area contributed by atoms with Crippen molar-refractivity contribution in [3.05, 3.63) is 24.3 Å². The molecule has 0 fully saturated rings. The van der Waals surface area contributed by atoms with Gasteiger partial charge >= 0.3 is 0 Å². The van der Waals surface area contributed by atoms with Crippen molar-refractivity contribution in [2.75, 3.05) is 12.8 Å². The molecule has 0 aliphatic carbocycles. The number of hydrogen-bond donors (Lipinski definition) is 1. The Hall–Kier alpha value is -0.670. The van der Waals surface area contributed by atoms with Crippen LogP contribution in [-0.4, -0.2) is 24.9 Å². The van der Waals surface area contributed by atoms with Crippen molar-refractivity contribution >= 4 is 11.8 Å². The molecule has 0 bridgehead atoms. The molecular formula is C14H23NOS. The van der Waals surface area contributed by atoms with Gasteiger partial charge < -0.3 is 10.1 Å². The Labute approximate surface area is 109 Å². The zero-order valence-electron chi connectivity index (χ0n) is 11.2. The fraction of sp³-hybridized carbons (Fsp3) is 0.571. The fourth-order valence-corrected chi connectivity index (χ4v) is 2.06. The Morgan fingerprint density at radius 2 is 2.00 bits per heavy atom. The lowest BCUT2D eigenvalue weighted by atomic mass is 10.2. The van der Waals surface area contributed by atoms with Crippen LogP contribution < -0.4 is 10.1 Å². The summed E-state index contributed by atoms with van der Waals surface area (Å²) >= 11 is 1.73. The number of rotatable bonds is 7. The van der Waals surface area contributed by atoms with E-state index in [1.807, 2.05) is 18.2 Å². The summed E-state index contributed by atoms with van der Waals surface area (Å²) in [6.07, 6.45) is 3.34. The van der Waals surface area contributed by atoms with Crippen LogP contribution >= 0.6 is 11.8 Å². The van der Waals surface area contributed by atoms with Gasteiger partial charge in [-0.25, -0.2) is 0 Å². The van der Waals surface area contributed by atoms with Crippen LogP contribution in [0.2, 0.25) is 0 Å². The second-order valence-corrected chi connectivity index (χ2v) is 5.21. The summed E-state index contributed by atoms with van der Waals surface area (Å²) in [6, 6.07) is 8.72. The topological polar surface area (TPSA) is 21.3 Å². The predicted octanol–water partition coefficient (Wildman–Crippen LogP) is 3.56. The highest BCUT2D eigenvalue weighted by Gasteiger charge is 2.10. The zero-order valence-corrected chi connectivity index (χ0v) is 12.0. The molecule has 0 aromatic heterocycles. The van der Waals surface area contributed by atoms with E-state index in [0.29, 0.717) is 6.04 Å². The Morgan fingerprint density at radius 3 is 2.59 bits per heavy atom. The summed E-state index contributed by atoms with van der Waals surface area (Å²) < 4.78 is 6.05. The van der Waals surface area contributed by atoms with Crippen LogP contribution in [0.1, 0.15) is 27.2 Å². The largest absolute Gasteiger partial charge is 0.488 e. The zero-order chi connectivity index (χ0) is 12.7. The van der Waals surface area contributed by atoms with E-state index < -0.39 is 0 Å². The molecule has 1 aromatic rings. The summed E-state index contributed by atoms with van der Waals surface area (Å²) in [5.74, 6) is 0.998. The quantitative estimate of drug-likeness (QED) is 0.751. The minimum absolute atomic E-state index is 0.241. The van der Waals surface area contributed by atoms with E-state index in [1.54, 1.807) is 11.8 Å². The summed E-state index contributed by atoms with van der Waals surface area (Å²) in [7, 11) is 0. The van der Waals surface area contributed by atoms with Crippen LogP contribution in [0.5, 0.6) is 5.75 Å². The number of ether oxygens (including phenoxy) is 1. The van der Waals surface area contributed by atoms with E-state index >= 15 is 0 Å². The first-order valence-corrected chi connectivity index (χ1v) is 7.42. The summed E-state index contributed by atoms with van der Waals surface area (Å²) in [6.45, 7) is 7.37. The van der Waals surface area contributed by atoms with Gasteiger partial charge in [0.25, 0.3) is 0 Å². The molecule has 96 valence electrons. The van der Waals surface area contributed by atoms with Crippen molar-refractivity contribution in [1.29, 1.82) is 0 Å². The number of thioether (sulfide) groups is 1. The number of para-hydroxylation sites is 1. The molecule has 0 heterocycles. The molecule has 0 aliphatic heterocycles. The molecule has 1 atom stereocenters. The first-order valence-electron chi connectivity index (χ1n) is 6.20. The van der Waals surface area contributed by atoms with Crippen molar-refractivity contribution in [2.24, 2.45) is 0 Å². The molecule has 2 nitrogen and oxygen atoms in total. The molecule has 17 heavy (non-hydrogen) atoms. The third-order valence-electron chi connectivity index (χ3n) is 2.57. The summed E-state index contributed by atoms with van der Waals surface area (Å²) in [5.41, 5.74) is 0. The fourth-order valence-electron chi connectivity index (χ4n) is 1.53. The Kier molecular flexibility index (Phi) is 6.45. The van der Waals surface area contributed by atoms with Gasteiger partial charge in [0.05, 0.1) is 0 Å². The lowest BCUT2D eigenvalue weighted by molar-refractivity contribution is 0.185. The van der Waals surface area contributed by atoms with Gasteiger partial charge in [-0.15, -0.1) is 11.8 Å². The van der Waals surface area contributed by atoms with E-state index in [9.17, 15) is 0 Å². The van der Waals surface area contributed by atoms with Crippen LogP contribution in [0.3, 0.4) is 0 Å². The highest BCUT2D eigenvalue weighted by atomic mass is 32.2. The highest BCUT2D eigenvalue weighted by Crippen LogP contribution is 2.27. The second kappa shape index (κ2) is 7.62. The maximum absolute atomic E-state index is 6.05. The minimum Gasteiger partial charge on any atom is -0.488 e. The maximum atomic E-state index is 6.05. The number of benzene rings is 1. The molecule has 3 heteroatoms. The highest BCUT2D eigenvalue weighted by molar-refractivity contribution is 7.98. The molecule has 1 N–H and O–H groups in total. The van der Waals surface area contributed by atoms with Crippen molar-refractivity contribution in [3.63, 3.8) is 0 Å². The van der Waals surface area contributed by atoms with Gasteiger partial charge in [0.15, 0.2) is 0 Å². The van der Waals surface area contributed by atoms with Crippen LogP contribution in [0, 0.1) is 0 Å². The lowest BCUT2D eigenvalue weighted by Gasteiger charge is -2.21. The van der Waals surface area contributed by atoms with Crippen molar-refractivity contribution in [1.82, 2.24) is 5.32 Å². The Balaban J connectivity index is 2.60. The standard InChI is InChI=1S/C14H23NOS/c1-5-12(10-15-11(2)3)16-13-8-6-7-9-14(13)17-4/h6-9,11-12,15H,5,10H2,1-4H3. The average molecular weight is 253 g/mol. The molecule has 1 unspecified atom stereocenters. The van der Waals surface area contributed by atoms with Gasteiger partial charge in [-0.2, -0.15) is 0 Å². The van der Waals surface area contributed by atoms with E-state index in [4.69, 9.17) is 4.74 Å². The molecular weight excluding hydrogens is 230 g/mol. The van der Waals surface area contributed by atoms with Gasteiger partial charge in [0, 0.05) is 17.5 Å². The number of nitrogens with one attached hydrogen (secondary N) is 1. The Bertz CT molecular complexity index is 328. The van der Waals surface area contributed by atoms with Crippen molar-refractivity contribution in [2.45, 2.75) is 44.2 Å². The van der Waals surface area contributed by atoms with Crippen molar-refractivity contribution < 1.29 is 4.74 Å². The third kappa shape index (κ3) is 5.00. The Morgan fingerprint density at radius 1 is 1.29 bits per heavy atom. The second-order valence-electron chi connectivity index (χ2n) is 4.36. The first kappa shape index (κ1) is 14.4. The lowest BCUT2D eigenvalue weighted by Crippen LogP contribution is -2.34. The normalized spacial score (nSPS) is 12.8. The molecule has 0 saturated heterocycles. The van der Waals surface area contributed by atoms with Gasteiger partial charge in [0.2, 0.25) is 0 Å². The van der Waals surface area contributed by atoms with Gasteiger partial charge in [0.1, 0.15) is 11.9 Å². The molecule has 0 saturated carbocycles. The van der Waals surface area contributed by atoms with Crippen LogP contribution in [0.15, 0.2) is 29.2 Å². The SMILES string of the molecule is CCC(CNC(C)C)Oc1ccccc1SC. The van der Waals surface area contributed by atoms with E-state index in [2.05, 4.69) is 38.4 Å². The molecule has 1 rings (SSSR count). The molecule has 0 radical (unpaired) electrons. The van der Waals surface area contributed by atoms with Crippen LogP contribution in [0.25, 0.3) is 0 Å². The molecule has 0 aliphatic rings. The molecule has 1 aromatic carbocycles. The predicted molar refractivity (Wildman–Crippen MR) is 76.1 cm³/mol. The first-order chi connectivity index (χ1) is 8.17. The smallest absolute Gasteiger partial charge is 0.133 e. The number of hydrogen-bond acceptors (Lipinski definition) is 3. The molecule has 0 amide bonds. The van der Waals surface area contributed by atoms with E-state index in [-0.39, 0.29) is 6.10 Å². The maximum Gasteiger partial charge on any atom is 0.133 e. The van der Waals surface area contributed by atoms with Gasteiger partial charge in [-0.1, -0.05) is 32.9 Å². The third-order valence-corrected chi connectivity index (χ3v) is 3.35. The van der Waals surface area contributed by atoms with E-state index in [0.717, 1.165) is 18.7 Å². The van der Waals surface area contributed by atoms with E-state index in [1.165, 1.54) is 4.90 Å². The minimum atomic E-state index is 0.241. The van der Waals surface area contributed by atoms with Gasteiger partial charge in [-0.05, 0) is 24.8 Å². The van der Waals surface area contributed by atoms with Crippen molar-refractivity contribution in [3.8, 4) is 5.75 Å². The average Bonchev–Trinajstić information content (AvgIpc) is 2.34. The van der Waals surface area contributed by atoms with Crippen LogP contribution in [0.4, 0.5) is 0 Å². The monoisotopic (exact) mass is 253 g/mol. The van der Waals surface area contributed by atoms with Gasteiger partial charge in [-0.3, -0.25) is 0 Å². The summed E-state index contributed by atoms with van der Waals surface area (Å²) in [4.78, 5) is 1.20. The van der Waals surface area contributed by atoms with Crippen LogP contribution in [-0.2, 0) is 0 Å². The molecule has 0 spiro atoms. The summed E-state index contributed by atoms with van der Waals surface area (Å²) in [5, 5.41) is 3.42.